The minimum absolute atomic E-state index is 0.116. The molecule has 0 radical (unpaired) electrons. The molecule has 29 heavy (non-hydrogen) atoms. The predicted molar refractivity (Wildman–Crippen MR) is 116 cm³/mol. The van der Waals surface area contributed by atoms with Crippen molar-refractivity contribution in [3.05, 3.63) is 95.6 Å². The normalized spacial score (nSPS) is 12.9. The first-order valence-corrected chi connectivity index (χ1v) is 10.1. The zero-order valence-electron chi connectivity index (χ0n) is 17.0. The Hall–Kier alpha value is -2.82. The van der Waals surface area contributed by atoms with Crippen molar-refractivity contribution in [3.63, 3.8) is 0 Å². The third-order valence-corrected chi connectivity index (χ3v) is 4.82. The quantitative estimate of drug-likeness (QED) is 0.517. The number of hydrogen-bond acceptors (Lipinski definition) is 4. The van der Waals surface area contributed by atoms with Crippen molar-refractivity contribution in [2.24, 2.45) is 0 Å². The number of benzene rings is 3. The third kappa shape index (κ3) is 5.83. The smallest absolute Gasteiger partial charge is 0.166 e. The van der Waals surface area contributed by atoms with Crippen LogP contribution < -0.4 is 14.8 Å². The average molecular weight is 392 g/mol. The summed E-state index contributed by atoms with van der Waals surface area (Å²) >= 11 is 0. The Bertz CT molecular complexity index is 868. The maximum atomic E-state index is 10.6. The van der Waals surface area contributed by atoms with Gasteiger partial charge < -0.3 is 19.9 Å². The fourth-order valence-electron chi connectivity index (χ4n) is 3.18. The molecular formula is C25H29NO3. The van der Waals surface area contributed by atoms with Gasteiger partial charge in [-0.25, -0.2) is 0 Å². The molecule has 0 aliphatic heterocycles. The van der Waals surface area contributed by atoms with Crippen molar-refractivity contribution in [2.75, 3.05) is 6.61 Å². The topological polar surface area (TPSA) is 50.7 Å². The molecule has 0 aliphatic carbocycles. The number of aliphatic hydroxyl groups excluding tert-OH is 1. The van der Waals surface area contributed by atoms with Crippen LogP contribution in [0, 0.1) is 0 Å². The second kappa shape index (κ2) is 10.6. The maximum Gasteiger partial charge on any atom is 0.166 e. The molecule has 3 aromatic rings. The summed E-state index contributed by atoms with van der Waals surface area (Å²) in [4.78, 5) is 0. The number of nitrogens with one attached hydrogen (secondary N) is 1. The van der Waals surface area contributed by atoms with E-state index in [0.717, 1.165) is 28.2 Å². The van der Waals surface area contributed by atoms with Gasteiger partial charge in [0.05, 0.1) is 12.7 Å². The van der Waals surface area contributed by atoms with E-state index >= 15 is 0 Å². The van der Waals surface area contributed by atoms with Gasteiger partial charge in [0.25, 0.3) is 0 Å². The highest BCUT2D eigenvalue weighted by molar-refractivity contribution is 5.47. The molecule has 2 atom stereocenters. The molecule has 0 heterocycles. The Morgan fingerprint density at radius 2 is 1.55 bits per heavy atom. The highest BCUT2D eigenvalue weighted by Crippen LogP contribution is 2.32. The number of hydrogen-bond donors (Lipinski definition) is 2. The van der Waals surface area contributed by atoms with E-state index < -0.39 is 6.10 Å². The monoisotopic (exact) mass is 391 g/mol. The zero-order valence-corrected chi connectivity index (χ0v) is 17.0. The summed E-state index contributed by atoms with van der Waals surface area (Å²) in [5.74, 6) is 1.48. The van der Waals surface area contributed by atoms with Gasteiger partial charge in [0.2, 0.25) is 0 Å². The minimum atomic E-state index is -0.583. The molecular weight excluding hydrogens is 362 g/mol. The van der Waals surface area contributed by atoms with E-state index in [0.29, 0.717) is 19.8 Å². The predicted octanol–water partition coefficient (Wildman–Crippen LogP) is 4.88. The van der Waals surface area contributed by atoms with Gasteiger partial charge >= 0.3 is 0 Å². The fourth-order valence-corrected chi connectivity index (χ4v) is 3.18. The van der Waals surface area contributed by atoms with Crippen LogP contribution in [0.1, 0.15) is 36.6 Å². The summed E-state index contributed by atoms with van der Waals surface area (Å²) in [5.41, 5.74) is 3.00. The van der Waals surface area contributed by atoms with Crippen LogP contribution in [0.2, 0.25) is 0 Å². The van der Waals surface area contributed by atoms with Crippen LogP contribution in [-0.4, -0.2) is 17.8 Å². The average Bonchev–Trinajstić information content (AvgIpc) is 2.77. The van der Waals surface area contributed by atoms with Gasteiger partial charge in [-0.05, 0) is 31.0 Å². The molecule has 0 saturated carbocycles. The maximum absolute atomic E-state index is 10.6. The van der Waals surface area contributed by atoms with Gasteiger partial charge in [0, 0.05) is 18.2 Å². The Morgan fingerprint density at radius 3 is 2.24 bits per heavy atom. The Labute approximate surface area is 173 Å². The SMILES string of the molecule is CCOc1cccc(CN[C@@H](C)[C@H](O)c2ccccc2)c1OCc1ccccc1. The van der Waals surface area contributed by atoms with Crippen molar-refractivity contribution < 1.29 is 14.6 Å². The lowest BCUT2D eigenvalue weighted by Gasteiger charge is -2.22. The van der Waals surface area contributed by atoms with Gasteiger partial charge in [-0.3, -0.25) is 0 Å². The number of rotatable bonds is 10. The third-order valence-electron chi connectivity index (χ3n) is 4.82. The molecule has 0 unspecified atom stereocenters. The van der Waals surface area contributed by atoms with Crippen molar-refractivity contribution in [2.45, 2.75) is 39.1 Å². The molecule has 0 bridgehead atoms. The summed E-state index contributed by atoms with van der Waals surface area (Å²) in [6, 6.07) is 25.6. The molecule has 4 nitrogen and oxygen atoms in total. The van der Waals surface area contributed by atoms with Gasteiger partial charge in [-0.2, -0.15) is 0 Å². The molecule has 0 aromatic heterocycles. The lowest BCUT2D eigenvalue weighted by atomic mass is 10.0. The number of para-hydroxylation sites is 1. The Kier molecular flexibility index (Phi) is 7.68. The first-order chi connectivity index (χ1) is 14.2. The van der Waals surface area contributed by atoms with Crippen molar-refractivity contribution in [1.29, 1.82) is 0 Å². The summed E-state index contributed by atoms with van der Waals surface area (Å²) in [7, 11) is 0. The van der Waals surface area contributed by atoms with E-state index in [9.17, 15) is 5.11 Å². The van der Waals surface area contributed by atoms with Crippen molar-refractivity contribution in [3.8, 4) is 11.5 Å². The molecule has 2 N–H and O–H groups in total. The van der Waals surface area contributed by atoms with Gasteiger partial charge in [0.15, 0.2) is 11.5 Å². The summed E-state index contributed by atoms with van der Waals surface area (Å²) in [6.45, 7) is 5.55. The molecule has 0 fully saturated rings. The lowest BCUT2D eigenvalue weighted by molar-refractivity contribution is 0.135. The number of ether oxygens (including phenoxy) is 2. The molecule has 0 aliphatic rings. The van der Waals surface area contributed by atoms with Crippen molar-refractivity contribution in [1.82, 2.24) is 5.32 Å². The standard InChI is InChI=1S/C25H29NO3/c1-3-28-23-16-10-15-22(25(23)29-18-20-11-6-4-7-12-20)17-26-19(2)24(27)21-13-8-5-9-14-21/h4-16,19,24,26-27H,3,17-18H2,1-2H3/t19-,24-/m0/s1. The summed E-state index contributed by atoms with van der Waals surface area (Å²) in [6.07, 6.45) is -0.583. The fraction of sp³-hybridized carbons (Fsp3) is 0.280. The summed E-state index contributed by atoms with van der Waals surface area (Å²) < 4.78 is 11.9. The van der Waals surface area contributed by atoms with Crippen LogP contribution in [-0.2, 0) is 13.2 Å². The van der Waals surface area contributed by atoms with E-state index in [4.69, 9.17) is 9.47 Å². The zero-order chi connectivity index (χ0) is 20.5. The highest BCUT2D eigenvalue weighted by Gasteiger charge is 2.17. The first-order valence-electron chi connectivity index (χ1n) is 10.1. The van der Waals surface area contributed by atoms with Crippen LogP contribution in [0.3, 0.4) is 0 Å². The van der Waals surface area contributed by atoms with Gasteiger partial charge in [0.1, 0.15) is 6.61 Å². The number of aliphatic hydroxyl groups is 1. The van der Waals surface area contributed by atoms with E-state index in [1.165, 1.54) is 0 Å². The van der Waals surface area contributed by atoms with Gasteiger partial charge in [-0.15, -0.1) is 0 Å². The van der Waals surface area contributed by atoms with E-state index in [-0.39, 0.29) is 6.04 Å². The van der Waals surface area contributed by atoms with Crippen LogP contribution in [0.15, 0.2) is 78.9 Å². The molecule has 152 valence electrons. The molecule has 3 aromatic carbocycles. The first kappa shape index (κ1) is 20.9. The van der Waals surface area contributed by atoms with Crippen LogP contribution >= 0.6 is 0 Å². The molecule has 0 amide bonds. The van der Waals surface area contributed by atoms with Crippen LogP contribution in [0.25, 0.3) is 0 Å². The van der Waals surface area contributed by atoms with Crippen LogP contribution in [0.5, 0.6) is 11.5 Å². The largest absolute Gasteiger partial charge is 0.490 e. The van der Waals surface area contributed by atoms with Crippen molar-refractivity contribution >= 4 is 0 Å². The van der Waals surface area contributed by atoms with E-state index in [2.05, 4.69) is 5.32 Å². The Balaban J connectivity index is 1.71. The van der Waals surface area contributed by atoms with Gasteiger partial charge in [-0.1, -0.05) is 72.8 Å². The highest BCUT2D eigenvalue weighted by atomic mass is 16.5. The second-order valence-corrected chi connectivity index (χ2v) is 6.98. The molecule has 4 heteroatoms. The van der Waals surface area contributed by atoms with E-state index in [1.807, 2.05) is 92.7 Å². The Morgan fingerprint density at radius 1 is 0.862 bits per heavy atom. The summed E-state index contributed by atoms with van der Waals surface area (Å²) in [5, 5.41) is 14.0. The van der Waals surface area contributed by atoms with Crippen LogP contribution in [0.4, 0.5) is 0 Å². The molecule has 0 saturated heterocycles. The lowest BCUT2D eigenvalue weighted by Crippen LogP contribution is -2.31. The van der Waals surface area contributed by atoms with E-state index in [1.54, 1.807) is 0 Å². The minimum Gasteiger partial charge on any atom is -0.490 e. The molecule has 0 spiro atoms. The second-order valence-electron chi connectivity index (χ2n) is 6.98. The molecule has 3 rings (SSSR count).